The Balaban J connectivity index is 1.01. The molecule has 4 heteroatoms. The zero-order valence-corrected chi connectivity index (χ0v) is 36.7. The van der Waals surface area contributed by atoms with E-state index < -0.39 is 8.07 Å². The van der Waals surface area contributed by atoms with Crippen LogP contribution >= 0.6 is 11.3 Å². The number of hydrogen-bond donors (Lipinski definition) is 0. The summed E-state index contributed by atoms with van der Waals surface area (Å²) < 4.78 is 7.60. The maximum Gasteiger partial charge on any atom is 0.179 e. The molecule has 0 aliphatic carbocycles. The Morgan fingerprint density at radius 3 is 1.53 bits per heavy atom. The second kappa shape index (κ2) is 14.7. The van der Waals surface area contributed by atoms with E-state index in [9.17, 15) is 0 Å². The van der Waals surface area contributed by atoms with Crippen molar-refractivity contribution in [3.8, 4) is 22.5 Å². The molecule has 13 aromatic rings. The molecule has 0 atom stereocenters. The van der Waals surface area contributed by atoms with Crippen LogP contribution in [0.4, 0.5) is 0 Å². The highest BCUT2D eigenvalue weighted by molar-refractivity contribution is 7.25. The van der Waals surface area contributed by atoms with Crippen LogP contribution < -0.4 is 20.7 Å². The normalized spacial score (nSPS) is 12.1. The van der Waals surface area contributed by atoms with E-state index in [1.165, 1.54) is 95.7 Å². The lowest BCUT2D eigenvalue weighted by molar-refractivity contribution is 1.17. The van der Waals surface area contributed by atoms with Crippen molar-refractivity contribution in [2.45, 2.75) is 0 Å². The first-order chi connectivity index (χ1) is 31.8. The molecule has 2 nitrogen and oxygen atoms in total. The highest BCUT2D eigenvalue weighted by atomic mass is 32.1. The summed E-state index contributed by atoms with van der Waals surface area (Å²) in [6, 6.07) is 90.4. The van der Waals surface area contributed by atoms with Gasteiger partial charge in [0, 0.05) is 53.1 Å². The molecule has 0 fully saturated rings. The number of aromatic nitrogens is 2. The average molecular weight is 849 g/mol. The lowest BCUT2D eigenvalue weighted by Crippen LogP contribution is -2.74. The Kier molecular flexibility index (Phi) is 8.45. The number of thiophene rings is 1. The van der Waals surface area contributed by atoms with Gasteiger partial charge in [-0.15, -0.1) is 11.3 Å². The minimum atomic E-state index is -2.74. The first kappa shape index (κ1) is 36.9. The van der Waals surface area contributed by atoms with Gasteiger partial charge in [0.1, 0.15) is 0 Å². The van der Waals surface area contributed by atoms with Gasteiger partial charge in [-0.3, -0.25) is 0 Å². The molecule has 10 aromatic carbocycles. The number of rotatable bonds is 7. The van der Waals surface area contributed by atoms with Crippen LogP contribution in [0.15, 0.2) is 243 Å². The monoisotopic (exact) mass is 848 g/mol. The Morgan fingerprint density at radius 1 is 0.297 bits per heavy atom. The third kappa shape index (κ3) is 5.50. The van der Waals surface area contributed by atoms with Gasteiger partial charge < -0.3 is 9.13 Å². The van der Waals surface area contributed by atoms with Gasteiger partial charge in [-0.2, -0.15) is 0 Å². The molecule has 0 amide bonds. The first-order valence-corrected chi connectivity index (χ1v) is 24.8. The van der Waals surface area contributed by atoms with E-state index in [2.05, 4.69) is 252 Å². The molecule has 3 aromatic heterocycles. The predicted octanol–water partition coefficient (Wildman–Crippen LogP) is 13.3. The van der Waals surface area contributed by atoms with Crippen molar-refractivity contribution in [2.75, 3.05) is 0 Å². The largest absolute Gasteiger partial charge is 0.309 e. The van der Waals surface area contributed by atoms with Gasteiger partial charge in [-0.25, -0.2) is 0 Å². The van der Waals surface area contributed by atoms with Crippen LogP contribution in [0, 0.1) is 0 Å². The van der Waals surface area contributed by atoms with Crippen molar-refractivity contribution in [3.05, 3.63) is 243 Å². The molecule has 64 heavy (non-hydrogen) atoms. The van der Waals surface area contributed by atoms with Crippen molar-refractivity contribution in [1.82, 2.24) is 9.13 Å². The molecule has 0 bridgehead atoms. The topological polar surface area (TPSA) is 9.86 Å². The quantitative estimate of drug-likeness (QED) is 0.112. The van der Waals surface area contributed by atoms with Gasteiger partial charge in [0.05, 0.1) is 22.1 Å². The Hall–Kier alpha value is -7.76. The summed E-state index contributed by atoms with van der Waals surface area (Å²) >= 11 is 1.88. The van der Waals surface area contributed by atoms with Gasteiger partial charge in [0.15, 0.2) is 8.07 Å². The predicted molar refractivity (Wildman–Crippen MR) is 277 cm³/mol. The fraction of sp³-hybridized carbons (Fsp3) is 0. The van der Waals surface area contributed by atoms with Crippen molar-refractivity contribution >= 4 is 104 Å². The lowest BCUT2D eigenvalue weighted by Gasteiger charge is -2.34. The van der Waals surface area contributed by atoms with Crippen LogP contribution in [-0.2, 0) is 0 Å². The van der Waals surface area contributed by atoms with E-state index in [4.69, 9.17) is 0 Å². The summed E-state index contributed by atoms with van der Waals surface area (Å²) in [5.41, 5.74) is 9.59. The molecule has 13 rings (SSSR count). The summed E-state index contributed by atoms with van der Waals surface area (Å²) in [6.45, 7) is 0. The maximum absolute atomic E-state index is 2.74. The molecular weight excluding hydrogens is 809 g/mol. The summed E-state index contributed by atoms with van der Waals surface area (Å²) in [6.07, 6.45) is 0. The fourth-order valence-electron chi connectivity index (χ4n) is 10.8. The number of hydrogen-bond acceptors (Lipinski definition) is 1. The van der Waals surface area contributed by atoms with Gasteiger partial charge in [0.25, 0.3) is 0 Å². The van der Waals surface area contributed by atoms with Crippen molar-refractivity contribution in [1.29, 1.82) is 0 Å². The van der Waals surface area contributed by atoms with Crippen molar-refractivity contribution < 1.29 is 0 Å². The fourth-order valence-corrected chi connectivity index (χ4v) is 16.7. The molecule has 0 radical (unpaired) electrons. The van der Waals surface area contributed by atoms with E-state index in [0.717, 1.165) is 11.4 Å². The SMILES string of the molecule is c1ccc([Si](c2ccccc2)(c2ccccc2)c2cccc(-n3c4ccccc4c4cc(-n5c6ccccc6c6c(-c7ccc8c(c7)sc7ccccc78)cccc65)ccc43)c2)cc1. The number of nitrogens with zero attached hydrogens (tertiary/aromatic N) is 2. The summed E-state index contributed by atoms with van der Waals surface area (Å²) in [5, 5.41) is 13.1. The smallest absolute Gasteiger partial charge is 0.179 e. The molecule has 0 saturated heterocycles. The molecule has 0 aliphatic rings. The Bertz CT molecular complexity index is 3800. The summed E-state index contributed by atoms with van der Waals surface area (Å²) in [7, 11) is -2.74. The van der Waals surface area contributed by atoms with E-state index in [1.54, 1.807) is 0 Å². The molecule has 0 aliphatic heterocycles. The first-order valence-electron chi connectivity index (χ1n) is 22.0. The van der Waals surface area contributed by atoms with Crippen LogP contribution in [-0.4, -0.2) is 17.2 Å². The van der Waals surface area contributed by atoms with Crippen molar-refractivity contribution in [2.24, 2.45) is 0 Å². The zero-order chi connectivity index (χ0) is 42.2. The van der Waals surface area contributed by atoms with Gasteiger partial charge >= 0.3 is 0 Å². The van der Waals surface area contributed by atoms with E-state index >= 15 is 0 Å². The van der Waals surface area contributed by atoms with Gasteiger partial charge in [0.2, 0.25) is 0 Å². The highest BCUT2D eigenvalue weighted by Crippen LogP contribution is 2.42. The average Bonchev–Trinajstić information content (AvgIpc) is 4.03. The summed E-state index contributed by atoms with van der Waals surface area (Å²) in [4.78, 5) is 0. The van der Waals surface area contributed by atoms with Crippen molar-refractivity contribution in [3.63, 3.8) is 0 Å². The van der Waals surface area contributed by atoms with Crippen LogP contribution in [0.25, 0.3) is 86.3 Å². The minimum absolute atomic E-state index is 1.15. The van der Waals surface area contributed by atoms with E-state index in [0.29, 0.717) is 0 Å². The Morgan fingerprint density at radius 2 is 0.812 bits per heavy atom. The van der Waals surface area contributed by atoms with E-state index in [1.807, 2.05) is 11.3 Å². The molecule has 0 unspecified atom stereocenters. The highest BCUT2D eigenvalue weighted by Gasteiger charge is 2.41. The molecule has 0 spiro atoms. The molecule has 300 valence electrons. The number of fused-ring (bicyclic) bond motifs is 9. The summed E-state index contributed by atoms with van der Waals surface area (Å²) in [5.74, 6) is 0. The third-order valence-electron chi connectivity index (χ3n) is 13.5. The van der Waals surface area contributed by atoms with Crippen LogP contribution in [0.1, 0.15) is 0 Å². The third-order valence-corrected chi connectivity index (χ3v) is 19.4. The number of para-hydroxylation sites is 2. The van der Waals surface area contributed by atoms with Crippen LogP contribution in [0.3, 0.4) is 0 Å². The second-order valence-corrected chi connectivity index (χ2v) is 21.7. The van der Waals surface area contributed by atoms with Gasteiger partial charge in [-0.1, -0.05) is 182 Å². The molecule has 0 saturated carbocycles. The van der Waals surface area contributed by atoms with Gasteiger partial charge in [-0.05, 0) is 92.5 Å². The molecule has 0 N–H and O–H groups in total. The Labute approximate surface area is 376 Å². The molecular formula is C60H40N2SSi. The van der Waals surface area contributed by atoms with E-state index in [-0.39, 0.29) is 0 Å². The maximum atomic E-state index is 2.48. The van der Waals surface area contributed by atoms with Crippen LogP contribution in [0.2, 0.25) is 0 Å². The number of benzene rings is 10. The van der Waals surface area contributed by atoms with Crippen LogP contribution in [0.5, 0.6) is 0 Å². The minimum Gasteiger partial charge on any atom is -0.309 e. The zero-order valence-electron chi connectivity index (χ0n) is 34.9. The standard InChI is InChI=1S/C60H40N2SSi/c1-4-19-44(20-5-1)64(45-21-6-2-7-22-45,46-23-8-3-9-24-46)47-25-16-18-42(39-47)61-54-30-13-10-26-49(54)53-40-43(35-37-56(53)61)62-55-31-14-11-28-52(55)60-48(29-17-32-57(60)62)41-34-36-51-50-27-12-15-33-58(50)63-59(51)38-41/h1-40H. The second-order valence-electron chi connectivity index (χ2n) is 16.8. The molecule has 3 heterocycles. The lowest BCUT2D eigenvalue weighted by atomic mass is 9.98.